The number of aromatic nitrogens is 3. The minimum absolute atomic E-state index is 0.124. The van der Waals surface area contributed by atoms with E-state index in [0.717, 1.165) is 28.0 Å². The van der Waals surface area contributed by atoms with Crippen LogP contribution in [0.3, 0.4) is 0 Å². The van der Waals surface area contributed by atoms with Gasteiger partial charge in [0.1, 0.15) is 28.8 Å². The molecule has 0 saturated heterocycles. The van der Waals surface area contributed by atoms with Crippen molar-refractivity contribution in [3.63, 3.8) is 0 Å². The Morgan fingerprint density at radius 3 is 2.58 bits per heavy atom. The normalized spacial score (nSPS) is 10.8. The van der Waals surface area contributed by atoms with Crippen LogP contribution in [-0.2, 0) is 0 Å². The molecule has 0 aliphatic carbocycles. The van der Waals surface area contributed by atoms with E-state index in [9.17, 15) is 4.79 Å². The van der Waals surface area contributed by atoms with E-state index in [1.807, 2.05) is 42.5 Å². The molecule has 0 saturated carbocycles. The number of aryl methyl sites for hydroxylation is 2. The van der Waals surface area contributed by atoms with E-state index in [1.54, 1.807) is 7.11 Å². The molecule has 1 aromatic carbocycles. The molecule has 1 amide bonds. The van der Waals surface area contributed by atoms with Gasteiger partial charge in [0.05, 0.1) is 13.7 Å². The number of ether oxygens (including phenoxy) is 2. The summed E-state index contributed by atoms with van der Waals surface area (Å²) in [5, 5.41) is 10.9. The molecule has 3 rings (SSSR count). The van der Waals surface area contributed by atoms with Gasteiger partial charge >= 0.3 is 0 Å². The molecule has 8 heteroatoms. The molecule has 0 aliphatic heterocycles. The Kier molecular flexibility index (Phi) is 4.66. The summed E-state index contributed by atoms with van der Waals surface area (Å²) in [7, 11) is 1.62. The van der Waals surface area contributed by atoms with Gasteiger partial charge in [0.2, 0.25) is 4.96 Å². The van der Waals surface area contributed by atoms with Crippen LogP contribution in [0.15, 0.2) is 24.3 Å². The molecule has 24 heavy (non-hydrogen) atoms. The number of carbonyl (C=O) groups excluding carboxylic acids is 1. The lowest BCUT2D eigenvalue weighted by Crippen LogP contribution is -2.28. The molecule has 7 nitrogen and oxygen atoms in total. The molecule has 126 valence electrons. The summed E-state index contributed by atoms with van der Waals surface area (Å²) in [5.74, 6) is 2.16. The fraction of sp³-hybridized carbons (Fsp3) is 0.312. The first-order valence-corrected chi connectivity index (χ1v) is 8.28. The third kappa shape index (κ3) is 3.18. The zero-order valence-electron chi connectivity index (χ0n) is 13.7. The van der Waals surface area contributed by atoms with Gasteiger partial charge in [0.15, 0.2) is 0 Å². The summed E-state index contributed by atoms with van der Waals surface area (Å²) in [6.07, 6.45) is 0. The molecule has 0 unspecified atom stereocenters. The lowest BCUT2D eigenvalue weighted by molar-refractivity contribution is 0.0950. The molecular weight excluding hydrogens is 328 g/mol. The second-order valence-electron chi connectivity index (χ2n) is 5.16. The average molecular weight is 346 g/mol. The SMILES string of the molecule is COc1ccc(OCCNC(=O)c2sc3nnc(C)n3c2C)cc1. The third-order valence-corrected chi connectivity index (χ3v) is 4.71. The summed E-state index contributed by atoms with van der Waals surface area (Å²) in [6, 6.07) is 7.31. The number of fused-ring (bicyclic) bond motifs is 1. The van der Waals surface area contributed by atoms with E-state index >= 15 is 0 Å². The Morgan fingerprint density at radius 2 is 1.92 bits per heavy atom. The van der Waals surface area contributed by atoms with Gasteiger partial charge in [-0.25, -0.2) is 0 Å². The summed E-state index contributed by atoms with van der Waals surface area (Å²) in [6.45, 7) is 4.56. The van der Waals surface area contributed by atoms with Gasteiger partial charge < -0.3 is 14.8 Å². The molecular formula is C16H18N4O3S. The summed E-state index contributed by atoms with van der Waals surface area (Å²) >= 11 is 1.33. The maximum Gasteiger partial charge on any atom is 0.263 e. The Bertz CT molecular complexity index is 854. The predicted octanol–water partition coefficient (Wildman–Crippen LogP) is 2.23. The molecule has 0 spiro atoms. The van der Waals surface area contributed by atoms with Crippen molar-refractivity contribution >= 4 is 22.2 Å². The summed E-state index contributed by atoms with van der Waals surface area (Å²) < 4.78 is 12.6. The topological polar surface area (TPSA) is 77.8 Å². The smallest absolute Gasteiger partial charge is 0.263 e. The van der Waals surface area contributed by atoms with Crippen LogP contribution >= 0.6 is 11.3 Å². The van der Waals surface area contributed by atoms with Gasteiger partial charge in [-0.2, -0.15) is 0 Å². The van der Waals surface area contributed by atoms with E-state index in [-0.39, 0.29) is 5.91 Å². The lowest BCUT2D eigenvalue weighted by atomic mass is 10.3. The number of hydrogen-bond acceptors (Lipinski definition) is 6. The van der Waals surface area contributed by atoms with Gasteiger partial charge in [-0.1, -0.05) is 11.3 Å². The van der Waals surface area contributed by atoms with Crippen molar-refractivity contribution < 1.29 is 14.3 Å². The minimum Gasteiger partial charge on any atom is -0.497 e. The molecule has 3 aromatic rings. The molecule has 0 aliphatic rings. The van der Waals surface area contributed by atoms with Crippen LogP contribution in [0.4, 0.5) is 0 Å². The maximum atomic E-state index is 12.3. The monoisotopic (exact) mass is 346 g/mol. The zero-order chi connectivity index (χ0) is 17.1. The number of nitrogens with zero attached hydrogens (tertiary/aromatic N) is 3. The number of carbonyl (C=O) groups is 1. The van der Waals surface area contributed by atoms with E-state index in [1.165, 1.54) is 11.3 Å². The van der Waals surface area contributed by atoms with Gasteiger partial charge in [-0.3, -0.25) is 9.20 Å². The highest BCUT2D eigenvalue weighted by atomic mass is 32.1. The van der Waals surface area contributed by atoms with Crippen LogP contribution in [0, 0.1) is 13.8 Å². The molecule has 0 bridgehead atoms. The lowest BCUT2D eigenvalue weighted by Gasteiger charge is -2.08. The number of rotatable bonds is 6. The van der Waals surface area contributed by atoms with E-state index < -0.39 is 0 Å². The number of hydrogen-bond donors (Lipinski definition) is 1. The average Bonchev–Trinajstić information content (AvgIpc) is 3.12. The maximum absolute atomic E-state index is 12.3. The first-order chi connectivity index (χ1) is 11.6. The zero-order valence-corrected chi connectivity index (χ0v) is 14.5. The summed E-state index contributed by atoms with van der Waals surface area (Å²) in [5.41, 5.74) is 0.853. The van der Waals surface area contributed by atoms with Crippen LogP contribution in [0.2, 0.25) is 0 Å². The quantitative estimate of drug-likeness (QED) is 0.693. The number of nitrogens with one attached hydrogen (secondary N) is 1. The van der Waals surface area contributed by atoms with Crippen LogP contribution in [-0.4, -0.2) is 40.8 Å². The molecule has 0 radical (unpaired) electrons. The van der Waals surface area contributed by atoms with Crippen LogP contribution in [0.25, 0.3) is 4.96 Å². The molecule has 0 atom stereocenters. The van der Waals surface area contributed by atoms with Crippen LogP contribution in [0.1, 0.15) is 21.2 Å². The summed E-state index contributed by atoms with van der Waals surface area (Å²) in [4.78, 5) is 13.7. The number of thiazole rings is 1. The fourth-order valence-corrected chi connectivity index (χ4v) is 3.39. The Labute approximate surface area is 143 Å². The van der Waals surface area contributed by atoms with Crippen molar-refractivity contribution in [3.8, 4) is 11.5 Å². The molecule has 0 fully saturated rings. The number of methoxy groups -OCH3 is 1. The minimum atomic E-state index is -0.124. The Hall–Kier alpha value is -2.61. The highest BCUT2D eigenvalue weighted by Gasteiger charge is 2.17. The van der Waals surface area contributed by atoms with Crippen molar-refractivity contribution in [2.75, 3.05) is 20.3 Å². The first kappa shape index (κ1) is 16.3. The molecule has 2 aromatic heterocycles. The van der Waals surface area contributed by atoms with Crippen LogP contribution in [0.5, 0.6) is 11.5 Å². The van der Waals surface area contributed by atoms with Gasteiger partial charge in [-0.15, -0.1) is 10.2 Å². The van der Waals surface area contributed by atoms with Gasteiger partial charge in [0.25, 0.3) is 5.91 Å². The largest absolute Gasteiger partial charge is 0.497 e. The standard InChI is InChI=1S/C16H18N4O3S/c1-10-14(24-16-19-18-11(2)20(10)16)15(21)17-8-9-23-13-6-4-12(22-3)5-7-13/h4-7H,8-9H2,1-3H3,(H,17,21). The first-order valence-electron chi connectivity index (χ1n) is 7.46. The van der Waals surface area contributed by atoms with E-state index in [0.29, 0.717) is 18.0 Å². The van der Waals surface area contributed by atoms with E-state index in [4.69, 9.17) is 9.47 Å². The van der Waals surface area contributed by atoms with Crippen molar-refractivity contribution in [3.05, 3.63) is 40.7 Å². The number of amides is 1. The van der Waals surface area contributed by atoms with Crippen molar-refractivity contribution in [1.29, 1.82) is 0 Å². The molecule has 2 heterocycles. The second-order valence-corrected chi connectivity index (χ2v) is 6.14. The Balaban J connectivity index is 1.54. The van der Waals surface area contributed by atoms with Crippen molar-refractivity contribution in [2.24, 2.45) is 0 Å². The van der Waals surface area contributed by atoms with Crippen molar-refractivity contribution in [2.45, 2.75) is 13.8 Å². The highest BCUT2D eigenvalue weighted by molar-refractivity contribution is 7.19. The van der Waals surface area contributed by atoms with Crippen LogP contribution < -0.4 is 14.8 Å². The van der Waals surface area contributed by atoms with E-state index in [2.05, 4.69) is 15.5 Å². The third-order valence-electron chi connectivity index (χ3n) is 3.57. The van der Waals surface area contributed by atoms with Gasteiger partial charge in [-0.05, 0) is 38.1 Å². The fourth-order valence-electron chi connectivity index (χ4n) is 2.36. The van der Waals surface area contributed by atoms with Gasteiger partial charge in [0, 0.05) is 5.69 Å². The van der Waals surface area contributed by atoms with Crippen molar-refractivity contribution in [1.82, 2.24) is 19.9 Å². The second kappa shape index (κ2) is 6.88. The highest BCUT2D eigenvalue weighted by Crippen LogP contribution is 2.22. The molecule has 1 N–H and O–H groups in total. The Morgan fingerprint density at radius 1 is 1.21 bits per heavy atom. The predicted molar refractivity (Wildman–Crippen MR) is 91.2 cm³/mol. The number of benzene rings is 1.